The standard InChI is InChI=1S/C36H35N3O3S.C23H27NO.C13H10N2O3S.C2H6/c1-3-4-5-8-22-38-31-12-7-6-11-27(31)17-18-28-23-26(16-21-32(28)38)10-9-13-33-34(40)39(29-19-14-25(2)15-20-29)35(43-33)30(24-37)36(41)42;1-2-3-4-7-16-24-22-11-6-5-10-20(22)13-14-21-18-19(9-8-17-25)12-15-23(21)24;1-8-2-4-9(5-3-8)15-11(16)7-19-12(15)10(6-14)13(17)18;1-2/h6-7,9-16,19-21,23H,3-5,8,17-18,22H2,1-2H3,(H,41,42);5-6,8-12,15,17-18H,2-4,7,13-14,16H2,1H3;2-5H,7H2,1H3,(H,17,18);1-2H3/b10-9+,33-13+,35-30-;9-8+;12-10-;. The van der Waals surface area contributed by atoms with E-state index in [0.29, 0.717) is 15.9 Å². The van der Waals surface area contributed by atoms with Gasteiger partial charge in [0.05, 0.1) is 16.0 Å². The Bertz CT molecular complexity index is 4010. The number of para-hydroxylation sites is 2. The molecule has 1 aromatic heterocycles. The maximum Gasteiger partial charge on any atom is 0.349 e. The molecule has 0 saturated carbocycles. The van der Waals surface area contributed by atoms with Crippen LogP contribution in [0.2, 0.25) is 0 Å². The average Bonchev–Trinajstić information content (AvgIpc) is 3.34. The Morgan fingerprint density at radius 3 is 1.51 bits per heavy atom. The molecule has 0 aliphatic carbocycles. The highest BCUT2D eigenvalue weighted by molar-refractivity contribution is 8.04. The molecule has 458 valence electrons. The Balaban J connectivity index is 0.000000207. The average molecular weight is 1230 g/mol. The van der Waals surface area contributed by atoms with Crippen molar-refractivity contribution in [2.24, 2.45) is 0 Å². The fraction of sp³-hybridized carbons (Fsp3) is 0.284. The van der Waals surface area contributed by atoms with Crippen molar-refractivity contribution < 1.29 is 29.4 Å². The van der Waals surface area contributed by atoms with Crippen LogP contribution in [0.15, 0.2) is 161 Å². The number of nitriles is 2. The van der Waals surface area contributed by atoms with Crippen molar-refractivity contribution in [2.75, 3.05) is 33.5 Å². The molecule has 0 unspecified atom stereocenters. The largest absolute Gasteiger partial charge is 0.477 e. The summed E-state index contributed by atoms with van der Waals surface area (Å²) >= 11 is 2.08. The van der Waals surface area contributed by atoms with Gasteiger partial charge in [-0.05, 0) is 159 Å². The number of rotatable bonds is 18. The maximum atomic E-state index is 13.4. The molecule has 0 spiro atoms. The number of hydrogen-bond acceptors (Lipinski definition) is 11. The predicted octanol–water partition coefficient (Wildman–Crippen LogP) is 14.9. The molecular formula is C74H78N6O7S2. The number of hydrogen-bond donors (Lipinski definition) is 2. The van der Waals surface area contributed by atoms with E-state index in [9.17, 15) is 34.3 Å². The number of fused-ring (bicyclic) bond motifs is 4. The van der Waals surface area contributed by atoms with Crippen LogP contribution in [0.3, 0.4) is 0 Å². The van der Waals surface area contributed by atoms with Crippen LogP contribution in [-0.2, 0) is 44.9 Å². The van der Waals surface area contributed by atoms with Gasteiger partial charge in [0.25, 0.3) is 5.56 Å². The molecule has 89 heavy (non-hydrogen) atoms. The lowest BCUT2D eigenvalue weighted by atomic mass is 10.0. The molecule has 0 bridgehead atoms. The number of benzene rings is 6. The second-order valence-electron chi connectivity index (χ2n) is 21.5. The Kier molecular flexibility index (Phi) is 25.5. The number of aryl methyl sites for hydroxylation is 6. The van der Waals surface area contributed by atoms with Crippen LogP contribution in [0.5, 0.6) is 0 Å². The highest BCUT2D eigenvalue weighted by atomic mass is 32.2. The van der Waals surface area contributed by atoms with Crippen LogP contribution < -0.4 is 29.5 Å². The molecule has 0 radical (unpaired) electrons. The Morgan fingerprint density at radius 2 is 1.03 bits per heavy atom. The molecule has 1 fully saturated rings. The molecular weight excluding hydrogens is 1150 g/mol. The summed E-state index contributed by atoms with van der Waals surface area (Å²) in [6.45, 7) is 14.4. The first-order chi connectivity index (χ1) is 43.3. The van der Waals surface area contributed by atoms with Gasteiger partial charge in [-0.15, -0.1) is 11.3 Å². The van der Waals surface area contributed by atoms with Gasteiger partial charge in [-0.1, -0.05) is 180 Å². The number of thiazole rings is 1. The molecule has 15 heteroatoms. The number of nitrogens with zero attached hydrogens (tertiary/aromatic N) is 6. The van der Waals surface area contributed by atoms with Crippen molar-refractivity contribution in [3.05, 3.63) is 220 Å². The number of amides is 1. The van der Waals surface area contributed by atoms with Gasteiger partial charge in [-0.3, -0.25) is 23.9 Å². The van der Waals surface area contributed by atoms with Gasteiger partial charge in [0.2, 0.25) is 5.91 Å². The second-order valence-corrected chi connectivity index (χ2v) is 23.5. The van der Waals surface area contributed by atoms with Crippen LogP contribution >= 0.6 is 23.1 Å². The van der Waals surface area contributed by atoms with Gasteiger partial charge in [-0.2, -0.15) is 10.5 Å². The summed E-state index contributed by atoms with van der Waals surface area (Å²) in [6, 6.07) is 48.3. The number of carboxylic acid groups (broad SMARTS) is 2. The van der Waals surface area contributed by atoms with E-state index in [4.69, 9.17) is 10.4 Å². The van der Waals surface area contributed by atoms with E-state index in [1.807, 2.05) is 70.2 Å². The summed E-state index contributed by atoms with van der Waals surface area (Å²) in [7, 11) is 0. The monoisotopic (exact) mass is 1230 g/mol. The first-order valence-electron chi connectivity index (χ1n) is 30.6. The van der Waals surface area contributed by atoms with Gasteiger partial charge in [0.15, 0.2) is 11.1 Å². The molecule has 7 aromatic rings. The lowest BCUT2D eigenvalue weighted by Gasteiger charge is -2.27. The zero-order valence-corrected chi connectivity index (χ0v) is 53.3. The topological polar surface area (TPSA) is 188 Å². The summed E-state index contributed by atoms with van der Waals surface area (Å²) in [4.78, 5) is 65.0. The molecule has 13 nitrogen and oxygen atoms in total. The van der Waals surface area contributed by atoms with Crippen LogP contribution in [0.25, 0.3) is 29.5 Å². The summed E-state index contributed by atoms with van der Waals surface area (Å²) < 4.78 is 1.77. The number of thioether (sulfide) groups is 1. The molecule has 3 aliphatic rings. The lowest BCUT2D eigenvalue weighted by molar-refractivity contribution is -0.132. The zero-order valence-electron chi connectivity index (χ0n) is 51.7. The van der Waals surface area contributed by atoms with E-state index in [2.05, 4.69) is 109 Å². The number of aromatic nitrogens is 1. The minimum Gasteiger partial charge on any atom is -0.477 e. The second kappa shape index (κ2) is 33.7. The number of carbonyl (C=O) groups is 4. The third-order valence-corrected chi connectivity index (χ3v) is 17.5. The number of aliphatic carboxylic acids is 2. The molecule has 4 heterocycles. The van der Waals surface area contributed by atoms with Crippen LogP contribution in [0.1, 0.15) is 124 Å². The Hall–Kier alpha value is -9.28. The molecule has 3 aliphatic heterocycles. The van der Waals surface area contributed by atoms with Crippen molar-refractivity contribution in [1.29, 1.82) is 10.5 Å². The molecule has 1 saturated heterocycles. The SMILES string of the molecule is CC.CCCCCCN1c2ccccc2CCc2cc(/C=C/C=O)ccc21.CCCCCCN1c2ccccc2CCc2cc(/C=C/C=c3/s/c(=C(/C#N)C(=O)O)n(-c4ccc(C)cc4)c3=O)ccc21.Cc1ccc(N2C(=O)CS/C2=C(/C#N)C(=O)O)cc1. The minimum atomic E-state index is -1.36. The van der Waals surface area contributed by atoms with Gasteiger partial charge in [0.1, 0.15) is 28.1 Å². The fourth-order valence-corrected chi connectivity index (χ4v) is 12.9. The lowest BCUT2D eigenvalue weighted by Crippen LogP contribution is -2.31. The highest BCUT2D eigenvalue weighted by Gasteiger charge is 2.33. The fourth-order valence-electron chi connectivity index (χ4n) is 10.9. The minimum absolute atomic E-state index is 0.104. The van der Waals surface area contributed by atoms with E-state index in [1.165, 1.54) is 99.4 Å². The van der Waals surface area contributed by atoms with E-state index >= 15 is 0 Å². The third-order valence-electron chi connectivity index (χ3n) is 15.3. The number of carbonyl (C=O) groups excluding carboxylic acids is 2. The zero-order chi connectivity index (χ0) is 63.8. The number of aldehydes is 1. The highest BCUT2D eigenvalue weighted by Crippen LogP contribution is 2.39. The number of unbranched alkanes of at least 4 members (excludes halogenated alkanes) is 6. The van der Waals surface area contributed by atoms with Gasteiger partial charge in [-0.25, -0.2) is 9.59 Å². The van der Waals surface area contributed by atoms with Crippen LogP contribution in [-0.4, -0.2) is 57.8 Å². The van der Waals surface area contributed by atoms with Crippen molar-refractivity contribution >= 4 is 99.5 Å². The summed E-state index contributed by atoms with van der Waals surface area (Å²) in [5.74, 6) is -2.77. The summed E-state index contributed by atoms with van der Waals surface area (Å²) in [6.07, 6.45) is 23.7. The van der Waals surface area contributed by atoms with E-state index in [-0.39, 0.29) is 26.9 Å². The summed E-state index contributed by atoms with van der Waals surface area (Å²) in [5.41, 5.74) is 14.7. The van der Waals surface area contributed by atoms with Crippen molar-refractivity contribution in [3.8, 4) is 17.8 Å². The Morgan fingerprint density at radius 1 is 0.573 bits per heavy atom. The maximum absolute atomic E-state index is 13.4. The van der Waals surface area contributed by atoms with Crippen molar-refractivity contribution in [1.82, 2.24) is 4.57 Å². The van der Waals surface area contributed by atoms with E-state index in [1.54, 1.807) is 48.6 Å². The first kappa shape index (κ1) is 67.2. The van der Waals surface area contributed by atoms with Gasteiger partial charge < -0.3 is 20.0 Å². The number of carboxylic acids is 2. The smallest absolute Gasteiger partial charge is 0.349 e. The predicted molar refractivity (Wildman–Crippen MR) is 365 cm³/mol. The third kappa shape index (κ3) is 17.3. The van der Waals surface area contributed by atoms with E-state index < -0.39 is 23.1 Å². The Labute approximate surface area is 531 Å². The summed E-state index contributed by atoms with van der Waals surface area (Å²) in [5, 5.41) is 37.3. The van der Waals surface area contributed by atoms with E-state index in [0.717, 1.165) is 96.8 Å². The molecule has 2 N–H and O–H groups in total. The molecule has 0 atom stereocenters. The first-order valence-corrected chi connectivity index (χ1v) is 32.4. The molecule has 6 aromatic carbocycles. The van der Waals surface area contributed by atoms with Crippen molar-refractivity contribution in [3.63, 3.8) is 0 Å². The number of anilines is 5. The quantitative estimate of drug-likeness (QED) is 0.0359. The van der Waals surface area contributed by atoms with Crippen molar-refractivity contribution in [2.45, 2.75) is 119 Å². The number of allylic oxidation sites excluding steroid dienone is 2. The van der Waals surface area contributed by atoms with Crippen LogP contribution in [0, 0.1) is 36.5 Å². The van der Waals surface area contributed by atoms with Gasteiger partial charge in [0, 0.05) is 41.5 Å². The van der Waals surface area contributed by atoms with Crippen LogP contribution in [0.4, 0.5) is 28.4 Å². The molecule has 1 amide bonds. The van der Waals surface area contributed by atoms with Gasteiger partial charge >= 0.3 is 11.9 Å². The molecule has 10 rings (SSSR count). The normalized spacial score (nSPS) is 14.2.